The maximum atomic E-state index is 12.5. The zero-order chi connectivity index (χ0) is 19.0. The van der Waals surface area contributed by atoms with Gasteiger partial charge in [0.05, 0.1) is 5.69 Å². The van der Waals surface area contributed by atoms with E-state index in [1.807, 2.05) is 54.3 Å². The lowest BCUT2D eigenvalue weighted by molar-refractivity contribution is -0.128. The molecule has 1 aliphatic rings. The number of hydrogen-bond acceptors (Lipinski definition) is 3. The Kier molecular flexibility index (Phi) is 4.58. The molecule has 0 radical (unpaired) electrons. The number of nitrogens with zero attached hydrogens (tertiary/aromatic N) is 3. The Morgan fingerprint density at radius 2 is 1.96 bits per heavy atom. The van der Waals surface area contributed by atoms with Gasteiger partial charge < -0.3 is 4.90 Å². The van der Waals surface area contributed by atoms with Gasteiger partial charge in [0.15, 0.2) is 0 Å². The Hall–Kier alpha value is -2.86. The van der Waals surface area contributed by atoms with Gasteiger partial charge in [0.25, 0.3) is 0 Å². The molecule has 4 rings (SSSR count). The average Bonchev–Trinajstić information content (AvgIpc) is 3.21. The smallest absolute Gasteiger partial charge is 0.338 e. The predicted octanol–water partition coefficient (Wildman–Crippen LogP) is 3.04. The van der Waals surface area contributed by atoms with Gasteiger partial charge in [-0.05, 0) is 30.2 Å². The second-order valence-electron chi connectivity index (χ2n) is 6.82. The molecule has 2 heterocycles. The van der Waals surface area contributed by atoms with E-state index in [0.29, 0.717) is 36.0 Å². The molecule has 1 saturated heterocycles. The first-order chi connectivity index (χ1) is 13.0. The molecule has 1 atom stereocenters. The molecular formula is C20H19ClN4O2. The van der Waals surface area contributed by atoms with Crippen molar-refractivity contribution in [3.63, 3.8) is 0 Å². The van der Waals surface area contributed by atoms with Gasteiger partial charge in [0.2, 0.25) is 5.91 Å². The Morgan fingerprint density at radius 1 is 1.19 bits per heavy atom. The van der Waals surface area contributed by atoms with Crippen molar-refractivity contribution in [1.29, 1.82) is 0 Å². The molecule has 0 bridgehead atoms. The first kappa shape index (κ1) is 17.5. The summed E-state index contributed by atoms with van der Waals surface area (Å²) in [5.74, 6) is 0.469. The lowest BCUT2D eigenvalue weighted by atomic mass is 10.1. The highest BCUT2D eigenvalue weighted by molar-refractivity contribution is 6.31. The third kappa shape index (κ3) is 3.40. The lowest BCUT2D eigenvalue weighted by Gasteiger charge is -2.17. The number of H-pyrrole nitrogens is 1. The number of carbonyl (C=O) groups excluding carboxylic acids is 1. The molecule has 2 aromatic carbocycles. The summed E-state index contributed by atoms with van der Waals surface area (Å²) in [5.41, 5.74) is 2.33. The van der Waals surface area contributed by atoms with E-state index in [2.05, 4.69) is 10.2 Å². The fourth-order valence-corrected chi connectivity index (χ4v) is 3.63. The molecule has 0 saturated carbocycles. The highest BCUT2D eigenvalue weighted by Gasteiger charge is 2.34. The zero-order valence-corrected chi connectivity index (χ0v) is 15.6. The second kappa shape index (κ2) is 7.04. The van der Waals surface area contributed by atoms with E-state index in [9.17, 15) is 9.59 Å². The minimum Gasteiger partial charge on any atom is -0.338 e. The van der Waals surface area contributed by atoms with Crippen molar-refractivity contribution in [2.45, 2.75) is 25.8 Å². The van der Waals surface area contributed by atoms with Crippen molar-refractivity contribution in [2.24, 2.45) is 0 Å². The summed E-state index contributed by atoms with van der Waals surface area (Å²) in [6.07, 6.45) is 0.330. The van der Waals surface area contributed by atoms with Gasteiger partial charge in [-0.25, -0.2) is 14.5 Å². The zero-order valence-electron chi connectivity index (χ0n) is 14.9. The number of hydrogen-bond donors (Lipinski definition) is 1. The minimum atomic E-state index is -0.334. The topological polar surface area (TPSA) is 71.0 Å². The van der Waals surface area contributed by atoms with Crippen molar-refractivity contribution < 1.29 is 4.79 Å². The number of benzene rings is 2. The SMILES string of the molecule is Cc1ccc(-n2c([C@H]3CC(=O)N(Cc4ccccc4)C3)n[nH]c2=O)cc1Cl. The largest absolute Gasteiger partial charge is 0.347 e. The van der Waals surface area contributed by atoms with Crippen LogP contribution >= 0.6 is 11.6 Å². The van der Waals surface area contributed by atoms with E-state index in [-0.39, 0.29) is 17.5 Å². The van der Waals surface area contributed by atoms with Gasteiger partial charge in [-0.15, -0.1) is 0 Å². The summed E-state index contributed by atoms with van der Waals surface area (Å²) in [5, 5.41) is 7.30. The third-order valence-electron chi connectivity index (χ3n) is 4.91. The first-order valence-corrected chi connectivity index (χ1v) is 9.16. The van der Waals surface area contributed by atoms with Crippen LogP contribution in [0, 0.1) is 6.92 Å². The predicted molar refractivity (Wildman–Crippen MR) is 103 cm³/mol. The molecule has 1 fully saturated rings. The number of carbonyl (C=O) groups is 1. The van der Waals surface area contributed by atoms with Crippen molar-refractivity contribution >= 4 is 17.5 Å². The Bertz CT molecular complexity index is 1040. The quantitative estimate of drug-likeness (QED) is 0.753. The average molecular weight is 383 g/mol. The number of likely N-dealkylation sites (tertiary alicyclic amines) is 1. The number of amides is 1. The van der Waals surface area contributed by atoms with Crippen LogP contribution in [0.25, 0.3) is 5.69 Å². The minimum absolute atomic E-state index is 0.0628. The van der Waals surface area contributed by atoms with E-state index >= 15 is 0 Å². The van der Waals surface area contributed by atoms with Crippen LogP contribution in [-0.2, 0) is 11.3 Å². The molecule has 27 heavy (non-hydrogen) atoms. The number of rotatable bonds is 4. The molecule has 0 unspecified atom stereocenters. The van der Waals surface area contributed by atoms with Crippen molar-refractivity contribution in [3.8, 4) is 5.69 Å². The second-order valence-corrected chi connectivity index (χ2v) is 7.22. The van der Waals surface area contributed by atoms with Crippen LogP contribution in [0.3, 0.4) is 0 Å². The molecule has 0 spiro atoms. The Labute approximate surface area is 161 Å². The number of aromatic amines is 1. The Morgan fingerprint density at radius 3 is 2.70 bits per heavy atom. The van der Waals surface area contributed by atoms with Crippen molar-refractivity contribution in [2.75, 3.05) is 6.54 Å². The van der Waals surface area contributed by atoms with E-state index in [4.69, 9.17) is 11.6 Å². The molecule has 7 heteroatoms. The standard InChI is InChI=1S/C20H19ClN4O2/c1-13-7-8-16(10-17(13)21)25-19(22-23-20(25)27)15-9-18(26)24(12-15)11-14-5-3-2-4-6-14/h2-8,10,15H,9,11-12H2,1H3,(H,23,27)/t15-/m0/s1. The monoisotopic (exact) mass is 382 g/mol. The highest BCUT2D eigenvalue weighted by atomic mass is 35.5. The van der Waals surface area contributed by atoms with Gasteiger partial charge >= 0.3 is 5.69 Å². The molecule has 1 aliphatic heterocycles. The van der Waals surface area contributed by atoms with Crippen molar-refractivity contribution in [3.05, 3.63) is 81.0 Å². The van der Waals surface area contributed by atoms with Crippen LogP contribution in [0.2, 0.25) is 5.02 Å². The summed E-state index contributed by atoms with van der Waals surface area (Å²) in [4.78, 5) is 26.7. The van der Waals surface area contributed by atoms with Crippen LogP contribution in [0.15, 0.2) is 53.3 Å². The number of nitrogens with one attached hydrogen (secondary N) is 1. The van der Waals surface area contributed by atoms with Crippen LogP contribution in [0.5, 0.6) is 0 Å². The fourth-order valence-electron chi connectivity index (χ4n) is 3.46. The summed E-state index contributed by atoms with van der Waals surface area (Å²) < 4.78 is 1.51. The van der Waals surface area contributed by atoms with Gasteiger partial charge in [0, 0.05) is 30.5 Å². The molecule has 1 amide bonds. The third-order valence-corrected chi connectivity index (χ3v) is 5.32. The number of aromatic nitrogens is 3. The molecule has 3 aromatic rings. The summed E-state index contributed by atoms with van der Waals surface area (Å²) >= 11 is 6.22. The number of aryl methyl sites for hydroxylation is 1. The van der Waals surface area contributed by atoms with Crippen LogP contribution in [0.1, 0.15) is 29.3 Å². The van der Waals surface area contributed by atoms with E-state index < -0.39 is 0 Å². The summed E-state index contributed by atoms with van der Waals surface area (Å²) in [7, 11) is 0. The van der Waals surface area contributed by atoms with Gasteiger partial charge in [-0.3, -0.25) is 4.79 Å². The van der Waals surface area contributed by atoms with Crippen LogP contribution in [0.4, 0.5) is 0 Å². The summed E-state index contributed by atoms with van der Waals surface area (Å²) in [6, 6.07) is 15.3. The van der Waals surface area contributed by atoms with E-state index in [0.717, 1.165) is 11.1 Å². The molecule has 1 N–H and O–H groups in total. The molecular weight excluding hydrogens is 364 g/mol. The Balaban J connectivity index is 1.62. The maximum absolute atomic E-state index is 12.5. The van der Waals surface area contributed by atoms with Crippen molar-refractivity contribution in [1.82, 2.24) is 19.7 Å². The van der Waals surface area contributed by atoms with E-state index in [1.54, 1.807) is 6.07 Å². The fraction of sp³-hybridized carbons (Fsp3) is 0.250. The van der Waals surface area contributed by atoms with E-state index in [1.165, 1.54) is 4.57 Å². The molecule has 1 aromatic heterocycles. The normalized spacial score (nSPS) is 16.9. The molecule has 6 nitrogen and oxygen atoms in total. The highest BCUT2D eigenvalue weighted by Crippen LogP contribution is 2.29. The van der Waals surface area contributed by atoms with Gasteiger partial charge in [-0.1, -0.05) is 48.0 Å². The first-order valence-electron chi connectivity index (χ1n) is 8.78. The van der Waals surface area contributed by atoms with Crippen LogP contribution < -0.4 is 5.69 Å². The van der Waals surface area contributed by atoms with Gasteiger partial charge in [-0.2, -0.15) is 5.10 Å². The summed E-state index contributed by atoms with van der Waals surface area (Å²) in [6.45, 7) is 2.99. The van der Waals surface area contributed by atoms with Gasteiger partial charge in [0.1, 0.15) is 5.82 Å². The molecule has 138 valence electrons. The maximum Gasteiger partial charge on any atom is 0.347 e. The van der Waals surface area contributed by atoms with Crippen LogP contribution in [-0.4, -0.2) is 32.1 Å². The lowest BCUT2D eigenvalue weighted by Crippen LogP contribution is -2.25. The number of halogens is 1. The molecule has 0 aliphatic carbocycles.